The quantitative estimate of drug-likeness (QED) is 0.288. The van der Waals surface area contributed by atoms with E-state index in [0.29, 0.717) is 30.3 Å². The first-order valence-corrected chi connectivity index (χ1v) is 14.8. The lowest BCUT2D eigenvalue weighted by Gasteiger charge is -2.23. The molecule has 0 aliphatic heterocycles. The first kappa shape index (κ1) is 27.0. The van der Waals surface area contributed by atoms with E-state index in [1.165, 1.54) is 36.1 Å². The number of nitrogens with zero attached hydrogens (tertiary/aromatic N) is 2. The summed E-state index contributed by atoms with van der Waals surface area (Å²) in [5, 5.41) is 13.1. The van der Waals surface area contributed by atoms with E-state index in [2.05, 4.69) is 11.4 Å². The van der Waals surface area contributed by atoms with Gasteiger partial charge in [-0.1, -0.05) is 31.4 Å². The van der Waals surface area contributed by atoms with E-state index >= 15 is 0 Å². The predicted octanol–water partition coefficient (Wildman–Crippen LogP) is 7.29. The van der Waals surface area contributed by atoms with Crippen molar-refractivity contribution in [3.8, 4) is 17.6 Å². The fraction of sp³-hybridized carbons (Fsp3) is 0.406. The van der Waals surface area contributed by atoms with Gasteiger partial charge in [-0.05, 0) is 92.5 Å². The molecule has 0 saturated heterocycles. The van der Waals surface area contributed by atoms with Gasteiger partial charge in [-0.25, -0.2) is 4.99 Å². The molecule has 0 radical (unpaired) electrons. The number of benzene rings is 2. The van der Waals surface area contributed by atoms with Crippen LogP contribution in [-0.4, -0.2) is 24.8 Å². The maximum absolute atomic E-state index is 13.5. The lowest BCUT2D eigenvalue weighted by atomic mass is 9.93. The molecule has 2 aromatic carbocycles. The number of ether oxygens (including phenoxy) is 2. The van der Waals surface area contributed by atoms with Crippen molar-refractivity contribution >= 4 is 28.5 Å². The number of hydrogen-bond donors (Lipinski definition) is 1. The summed E-state index contributed by atoms with van der Waals surface area (Å²) in [5.41, 5.74) is 4.47. The van der Waals surface area contributed by atoms with Gasteiger partial charge in [0.25, 0.3) is 5.91 Å². The van der Waals surface area contributed by atoms with Crippen LogP contribution in [0.1, 0.15) is 89.4 Å². The van der Waals surface area contributed by atoms with Gasteiger partial charge < -0.3 is 14.8 Å². The number of nitrogens with one attached hydrogen (secondary N) is 1. The number of carbonyl (C=O) groups is 1. The summed E-state index contributed by atoms with van der Waals surface area (Å²) in [6.07, 6.45) is 11.9. The van der Waals surface area contributed by atoms with Crippen LogP contribution in [0.4, 0.5) is 5.00 Å². The molecule has 1 heterocycles. The van der Waals surface area contributed by atoms with Crippen LogP contribution in [-0.2, 0) is 19.4 Å². The van der Waals surface area contributed by atoms with E-state index in [1.54, 1.807) is 23.5 Å². The second-order valence-electron chi connectivity index (χ2n) is 10.2. The summed E-state index contributed by atoms with van der Waals surface area (Å²) in [6, 6.07) is 15.5. The molecule has 1 fully saturated rings. The SMILES string of the molecule is CCOc1cc(C=Nc2sc3c(c2C(=O)NC2CCCCC2)CCCC3)ccc1OCc1ccc(C#N)cc1. The molecule has 1 saturated carbocycles. The molecule has 39 heavy (non-hydrogen) atoms. The van der Waals surface area contributed by atoms with Crippen LogP contribution in [0.5, 0.6) is 11.5 Å². The maximum atomic E-state index is 13.5. The highest BCUT2D eigenvalue weighted by Gasteiger charge is 2.27. The molecule has 2 aliphatic rings. The third-order valence-corrected chi connectivity index (χ3v) is 8.60. The van der Waals surface area contributed by atoms with E-state index < -0.39 is 0 Å². The first-order valence-electron chi connectivity index (χ1n) is 14.0. The second-order valence-corrected chi connectivity index (χ2v) is 11.3. The maximum Gasteiger partial charge on any atom is 0.254 e. The Morgan fingerprint density at radius 2 is 1.85 bits per heavy atom. The van der Waals surface area contributed by atoms with Crippen molar-refractivity contribution in [2.45, 2.75) is 77.4 Å². The summed E-state index contributed by atoms with van der Waals surface area (Å²) in [5.74, 6) is 1.34. The minimum Gasteiger partial charge on any atom is -0.490 e. The average molecular weight is 542 g/mol. The summed E-state index contributed by atoms with van der Waals surface area (Å²) in [4.78, 5) is 19.6. The van der Waals surface area contributed by atoms with Crippen LogP contribution in [0, 0.1) is 11.3 Å². The van der Waals surface area contributed by atoms with E-state index in [4.69, 9.17) is 19.7 Å². The lowest BCUT2D eigenvalue weighted by Crippen LogP contribution is -2.36. The fourth-order valence-electron chi connectivity index (χ4n) is 5.34. The van der Waals surface area contributed by atoms with Crippen LogP contribution in [0.2, 0.25) is 0 Å². The van der Waals surface area contributed by atoms with Gasteiger partial charge in [-0.2, -0.15) is 5.26 Å². The molecule has 0 atom stereocenters. The molecule has 0 bridgehead atoms. The number of aliphatic imine (C=N–C) groups is 1. The standard InChI is InChI=1S/C32H35N3O3S/c1-2-37-28-18-24(16-17-27(28)38-21-23-14-12-22(19-33)13-15-23)20-34-32-30(26-10-6-7-11-29(26)39-32)31(36)35-25-8-4-3-5-9-25/h12-18,20,25H,2-11,21H2,1H3,(H,35,36). The smallest absolute Gasteiger partial charge is 0.254 e. The number of hydrogen-bond acceptors (Lipinski definition) is 6. The number of carbonyl (C=O) groups excluding carboxylic acids is 1. The predicted molar refractivity (Wildman–Crippen MR) is 156 cm³/mol. The highest BCUT2D eigenvalue weighted by molar-refractivity contribution is 7.16. The van der Waals surface area contributed by atoms with Gasteiger partial charge in [-0.3, -0.25) is 4.79 Å². The number of nitriles is 1. The molecule has 0 unspecified atom stereocenters. The first-order chi connectivity index (χ1) is 19.1. The Balaban J connectivity index is 1.34. The molecule has 7 heteroatoms. The van der Waals surface area contributed by atoms with Crippen molar-refractivity contribution in [3.05, 3.63) is 75.2 Å². The Kier molecular flexibility index (Phi) is 8.95. The van der Waals surface area contributed by atoms with E-state index in [-0.39, 0.29) is 11.9 Å². The number of thiophene rings is 1. The van der Waals surface area contributed by atoms with Crippen molar-refractivity contribution in [2.75, 3.05) is 6.61 Å². The molecule has 1 amide bonds. The Morgan fingerprint density at radius 1 is 1.05 bits per heavy atom. The van der Waals surface area contributed by atoms with Crippen molar-refractivity contribution in [1.29, 1.82) is 5.26 Å². The van der Waals surface area contributed by atoms with Crippen molar-refractivity contribution < 1.29 is 14.3 Å². The van der Waals surface area contributed by atoms with Crippen LogP contribution < -0.4 is 14.8 Å². The third kappa shape index (κ3) is 6.69. The van der Waals surface area contributed by atoms with Gasteiger partial charge in [0, 0.05) is 17.1 Å². The third-order valence-electron chi connectivity index (χ3n) is 7.40. The van der Waals surface area contributed by atoms with Gasteiger partial charge in [0.2, 0.25) is 0 Å². The van der Waals surface area contributed by atoms with Crippen LogP contribution >= 0.6 is 11.3 Å². The largest absolute Gasteiger partial charge is 0.490 e. The summed E-state index contributed by atoms with van der Waals surface area (Å²) in [7, 11) is 0. The summed E-state index contributed by atoms with van der Waals surface area (Å²) < 4.78 is 11.9. The Bertz CT molecular complexity index is 1360. The number of rotatable bonds is 9. The van der Waals surface area contributed by atoms with Gasteiger partial charge >= 0.3 is 0 Å². The highest BCUT2D eigenvalue weighted by atomic mass is 32.1. The molecule has 1 N–H and O–H groups in total. The molecule has 3 aromatic rings. The number of fused-ring (bicyclic) bond motifs is 1. The van der Waals surface area contributed by atoms with Crippen LogP contribution in [0.15, 0.2) is 47.5 Å². The van der Waals surface area contributed by atoms with Crippen LogP contribution in [0.3, 0.4) is 0 Å². The van der Waals surface area contributed by atoms with Crippen LogP contribution in [0.25, 0.3) is 0 Å². The topological polar surface area (TPSA) is 83.7 Å². The Morgan fingerprint density at radius 3 is 2.62 bits per heavy atom. The summed E-state index contributed by atoms with van der Waals surface area (Å²) in [6.45, 7) is 2.83. The van der Waals surface area contributed by atoms with Crippen molar-refractivity contribution in [3.63, 3.8) is 0 Å². The zero-order valence-corrected chi connectivity index (χ0v) is 23.3. The molecular weight excluding hydrogens is 506 g/mol. The molecule has 202 valence electrons. The molecule has 1 aromatic heterocycles. The monoisotopic (exact) mass is 541 g/mol. The molecule has 2 aliphatic carbocycles. The average Bonchev–Trinajstić information content (AvgIpc) is 3.35. The Labute approximate surface area is 234 Å². The zero-order valence-electron chi connectivity index (χ0n) is 22.5. The van der Waals surface area contributed by atoms with Crippen molar-refractivity contribution in [1.82, 2.24) is 5.32 Å². The van der Waals surface area contributed by atoms with E-state index in [1.807, 2.05) is 43.5 Å². The number of amides is 1. The molecule has 0 spiro atoms. The van der Waals surface area contributed by atoms with Gasteiger partial charge in [0.1, 0.15) is 11.6 Å². The van der Waals surface area contributed by atoms with Crippen molar-refractivity contribution in [2.24, 2.45) is 4.99 Å². The lowest BCUT2D eigenvalue weighted by molar-refractivity contribution is 0.0927. The second kappa shape index (κ2) is 12.9. The van der Waals surface area contributed by atoms with E-state index in [0.717, 1.165) is 53.8 Å². The van der Waals surface area contributed by atoms with Gasteiger partial charge in [0.15, 0.2) is 11.5 Å². The number of aryl methyl sites for hydroxylation is 1. The van der Waals surface area contributed by atoms with E-state index in [9.17, 15) is 4.79 Å². The summed E-state index contributed by atoms with van der Waals surface area (Å²) >= 11 is 1.66. The van der Waals surface area contributed by atoms with Gasteiger partial charge in [-0.15, -0.1) is 11.3 Å². The zero-order chi connectivity index (χ0) is 27.0. The fourth-order valence-corrected chi connectivity index (χ4v) is 6.57. The highest BCUT2D eigenvalue weighted by Crippen LogP contribution is 2.40. The Hall–Kier alpha value is -3.63. The molecule has 5 rings (SSSR count). The van der Waals surface area contributed by atoms with Gasteiger partial charge in [0.05, 0.1) is 23.8 Å². The normalized spacial score (nSPS) is 15.5. The minimum absolute atomic E-state index is 0.0370. The minimum atomic E-state index is 0.0370. The molecular formula is C32H35N3O3S. The molecule has 6 nitrogen and oxygen atoms in total.